The number of pyridine rings is 2. The molecule has 0 amide bonds. The number of hydrogen-bond acceptors (Lipinski definition) is 5. The molecule has 3 aromatic heterocycles. The zero-order chi connectivity index (χ0) is 17.2. The maximum atomic E-state index is 5.97. The van der Waals surface area contributed by atoms with E-state index in [1.54, 1.807) is 12.4 Å². The second-order valence-electron chi connectivity index (χ2n) is 5.38. The van der Waals surface area contributed by atoms with Crippen LogP contribution in [0.15, 0.2) is 67.0 Å². The lowest BCUT2D eigenvalue weighted by Crippen LogP contribution is -1.88. The highest BCUT2D eigenvalue weighted by atomic mass is 35.5. The molecule has 0 saturated carbocycles. The number of benzene rings is 1. The molecule has 2 N–H and O–H groups in total. The highest BCUT2D eigenvalue weighted by molar-refractivity contribution is 7.19. The Morgan fingerprint density at radius 3 is 2.40 bits per heavy atom. The first kappa shape index (κ1) is 15.7. The van der Waals surface area contributed by atoms with Gasteiger partial charge in [-0.1, -0.05) is 41.1 Å². The predicted molar refractivity (Wildman–Crippen MR) is 103 cm³/mol. The van der Waals surface area contributed by atoms with Crippen molar-refractivity contribution in [2.24, 2.45) is 0 Å². The molecule has 6 heteroatoms. The van der Waals surface area contributed by atoms with Gasteiger partial charge in [-0.2, -0.15) is 0 Å². The van der Waals surface area contributed by atoms with E-state index in [4.69, 9.17) is 17.3 Å². The number of nitrogens with two attached hydrogens (primary N) is 1. The van der Waals surface area contributed by atoms with Gasteiger partial charge in [-0.15, -0.1) is 0 Å². The lowest BCUT2D eigenvalue weighted by Gasteiger charge is -2.05. The molecule has 3 heterocycles. The van der Waals surface area contributed by atoms with Gasteiger partial charge in [0.15, 0.2) is 5.13 Å². The van der Waals surface area contributed by atoms with Gasteiger partial charge < -0.3 is 5.73 Å². The zero-order valence-corrected chi connectivity index (χ0v) is 14.6. The first-order valence-corrected chi connectivity index (χ1v) is 8.80. The van der Waals surface area contributed by atoms with E-state index >= 15 is 0 Å². The zero-order valence-electron chi connectivity index (χ0n) is 13.1. The highest BCUT2D eigenvalue weighted by Gasteiger charge is 2.15. The number of rotatable bonds is 3. The summed E-state index contributed by atoms with van der Waals surface area (Å²) < 4.78 is 0. The molecule has 1 aromatic carbocycles. The van der Waals surface area contributed by atoms with E-state index in [-0.39, 0.29) is 0 Å². The molecule has 0 aliphatic carbocycles. The van der Waals surface area contributed by atoms with Gasteiger partial charge in [0.05, 0.1) is 16.3 Å². The standard InChI is InChI=1S/C19H13ClN4S/c20-14-6-4-12(5-7-14)16-11-13(8-10-23-16)18-17(24-19(21)25-18)15-3-1-2-9-22-15/h1-11H,(H2,21,24). The van der Waals surface area contributed by atoms with Gasteiger partial charge in [-0.3, -0.25) is 9.97 Å². The van der Waals surface area contributed by atoms with Crippen LogP contribution in [0.4, 0.5) is 5.13 Å². The van der Waals surface area contributed by atoms with Gasteiger partial charge >= 0.3 is 0 Å². The average molecular weight is 365 g/mol. The third-order valence-corrected chi connectivity index (χ3v) is 4.90. The lowest BCUT2D eigenvalue weighted by atomic mass is 10.1. The van der Waals surface area contributed by atoms with Gasteiger partial charge in [0.1, 0.15) is 5.69 Å². The number of thiazole rings is 1. The largest absolute Gasteiger partial charge is 0.375 e. The Morgan fingerprint density at radius 2 is 1.64 bits per heavy atom. The van der Waals surface area contributed by atoms with E-state index in [1.807, 2.05) is 54.6 Å². The molecule has 0 atom stereocenters. The van der Waals surface area contributed by atoms with Gasteiger partial charge in [0, 0.05) is 23.0 Å². The van der Waals surface area contributed by atoms with Crippen molar-refractivity contribution in [3.05, 3.63) is 72.0 Å². The minimum absolute atomic E-state index is 0.514. The summed E-state index contributed by atoms with van der Waals surface area (Å²) in [5.41, 5.74) is 10.4. The molecular weight excluding hydrogens is 352 g/mol. The van der Waals surface area contributed by atoms with E-state index in [0.29, 0.717) is 10.2 Å². The molecule has 4 rings (SSSR count). The second kappa shape index (κ2) is 6.63. The molecular formula is C19H13ClN4S. The predicted octanol–water partition coefficient (Wildman–Crippen LogP) is 5.17. The summed E-state index contributed by atoms with van der Waals surface area (Å²) in [5, 5.41) is 1.22. The normalized spacial score (nSPS) is 10.8. The molecule has 122 valence electrons. The summed E-state index contributed by atoms with van der Waals surface area (Å²) in [7, 11) is 0. The van der Waals surface area contributed by atoms with Crippen molar-refractivity contribution in [3.63, 3.8) is 0 Å². The van der Waals surface area contributed by atoms with Crippen LogP contribution in [0.5, 0.6) is 0 Å². The first-order valence-electron chi connectivity index (χ1n) is 7.61. The molecule has 0 fully saturated rings. The number of nitrogen functional groups attached to an aromatic ring is 1. The maximum absolute atomic E-state index is 5.97. The summed E-state index contributed by atoms with van der Waals surface area (Å²) in [6.45, 7) is 0. The van der Waals surface area contributed by atoms with Crippen LogP contribution in [-0.2, 0) is 0 Å². The van der Waals surface area contributed by atoms with Gasteiger partial charge in [-0.25, -0.2) is 4.98 Å². The Labute approximate surface area is 154 Å². The van der Waals surface area contributed by atoms with Crippen molar-refractivity contribution in [1.29, 1.82) is 0 Å². The summed E-state index contributed by atoms with van der Waals surface area (Å²) in [6, 6.07) is 17.4. The third-order valence-electron chi connectivity index (χ3n) is 3.71. The van der Waals surface area contributed by atoms with Crippen molar-refractivity contribution >= 4 is 28.1 Å². The molecule has 0 saturated heterocycles. The minimum atomic E-state index is 0.514. The second-order valence-corrected chi connectivity index (χ2v) is 6.85. The number of hydrogen-bond donors (Lipinski definition) is 1. The van der Waals surface area contributed by atoms with E-state index in [0.717, 1.165) is 33.1 Å². The van der Waals surface area contributed by atoms with Crippen molar-refractivity contribution in [3.8, 4) is 33.1 Å². The van der Waals surface area contributed by atoms with Crippen molar-refractivity contribution < 1.29 is 0 Å². The SMILES string of the molecule is Nc1nc(-c2ccccn2)c(-c2ccnc(-c3ccc(Cl)cc3)c2)s1. The van der Waals surface area contributed by atoms with Crippen LogP contribution >= 0.6 is 22.9 Å². The van der Waals surface area contributed by atoms with Crippen LogP contribution in [-0.4, -0.2) is 15.0 Å². The van der Waals surface area contributed by atoms with Gasteiger partial charge in [-0.05, 0) is 42.0 Å². The van der Waals surface area contributed by atoms with Crippen LogP contribution in [0.25, 0.3) is 33.1 Å². The quantitative estimate of drug-likeness (QED) is 0.544. The van der Waals surface area contributed by atoms with Crippen LogP contribution in [0.1, 0.15) is 0 Å². The molecule has 25 heavy (non-hydrogen) atoms. The summed E-state index contributed by atoms with van der Waals surface area (Å²) in [5.74, 6) is 0. The number of nitrogens with zero attached hydrogens (tertiary/aromatic N) is 3. The monoisotopic (exact) mass is 364 g/mol. The van der Waals surface area contributed by atoms with Crippen molar-refractivity contribution in [1.82, 2.24) is 15.0 Å². The van der Waals surface area contributed by atoms with Crippen molar-refractivity contribution in [2.45, 2.75) is 0 Å². The fourth-order valence-corrected chi connectivity index (χ4v) is 3.52. The Kier molecular flexibility index (Phi) is 4.17. The Bertz CT molecular complexity index is 1010. The fraction of sp³-hybridized carbons (Fsp3) is 0. The lowest BCUT2D eigenvalue weighted by molar-refractivity contribution is 1.28. The molecule has 0 spiro atoms. The Balaban J connectivity index is 1.81. The van der Waals surface area contributed by atoms with Crippen LogP contribution in [0.3, 0.4) is 0 Å². The van der Waals surface area contributed by atoms with E-state index in [1.165, 1.54) is 11.3 Å². The van der Waals surface area contributed by atoms with Crippen LogP contribution in [0.2, 0.25) is 5.02 Å². The fourth-order valence-electron chi connectivity index (χ4n) is 2.56. The average Bonchev–Trinajstić information content (AvgIpc) is 3.05. The van der Waals surface area contributed by atoms with Crippen LogP contribution in [0, 0.1) is 0 Å². The number of aromatic nitrogens is 3. The first-order chi connectivity index (χ1) is 12.2. The third kappa shape index (κ3) is 3.24. The number of anilines is 1. The van der Waals surface area contributed by atoms with Crippen LogP contribution < -0.4 is 5.73 Å². The summed E-state index contributed by atoms with van der Waals surface area (Å²) in [6.07, 6.45) is 3.54. The Hall–Kier alpha value is -2.76. The smallest absolute Gasteiger partial charge is 0.181 e. The van der Waals surface area contributed by atoms with Crippen molar-refractivity contribution in [2.75, 3.05) is 5.73 Å². The summed E-state index contributed by atoms with van der Waals surface area (Å²) in [4.78, 5) is 14.3. The highest BCUT2D eigenvalue weighted by Crippen LogP contribution is 2.38. The molecule has 0 aliphatic rings. The van der Waals surface area contributed by atoms with E-state index < -0.39 is 0 Å². The maximum Gasteiger partial charge on any atom is 0.181 e. The molecule has 4 nitrogen and oxygen atoms in total. The summed E-state index contributed by atoms with van der Waals surface area (Å²) >= 11 is 7.42. The molecule has 0 aliphatic heterocycles. The molecule has 0 unspecified atom stereocenters. The molecule has 4 aromatic rings. The Morgan fingerprint density at radius 1 is 0.840 bits per heavy atom. The molecule has 0 bridgehead atoms. The molecule has 0 radical (unpaired) electrons. The van der Waals surface area contributed by atoms with E-state index in [2.05, 4.69) is 15.0 Å². The van der Waals surface area contributed by atoms with Gasteiger partial charge in [0.25, 0.3) is 0 Å². The minimum Gasteiger partial charge on any atom is -0.375 e. The topological polar surface area (TPSA) is 64.7 Å². The van der Waals surface area contributed by atoms with Gasteiger partial charge in [0.2, 0.25) is 0 Å². The number of halogens is 1. The van der Waals surface area contributed by atoms with E-state index in [9.17, 15) is 0 Å².